The van der Waals surface area contributed by atoms with Gasteiger partial charge in [-0.05, 0) is 24.6 Å². The van der Waals surface area contributed by atoms with E-state index in [1.807, 2.05) is 0 Å². The van der Waals surface area contributed by atoms with Gasteiger partial charge >= 0.3 is 0 Å². The van der Waals surface area contributed by atoms with Crippen LogP contribution in [0.15, 0.2) is 24.3 Å². The van der Waals surface area contributed by atoms with Gasteiger partial charge < -0.3 is 11.1 Å². The molecule has 0 bridgehead atoms. The number of carbonyl (C=O) groups excluding carboxylic acids is 1. The van der Waals surface area contributed by atoms with E-state index >= 15 is 0 Å². The van der Waals surface area contributed by atoms with Crippen LogP contribution in [0.5, 0.6) is 0 Å². The summed E-state index contributed by atoms with van der Waals surface area (Å²) in [7, 11) is -2.10. The third kappa shape index (κ3) is 4.34. The topological polar surface area (TPSA) is 101 Å². The molecule has 18 heavy (non-hydrogen) atoms. The van der Waals surface area contributed by atoms with Crippen molar-refractivity contribution in [2.75, 3.05) is 12.8 Å². The highest BCUT2D eigenvalue weighted by Crippen LogP contribution is 2.09. The third-order valence-electron chi connectivity index (χ3n) is 2.33. The summed E-state index contributed by atoms with van der Waals surface area (Å²) in [5.74, 6) is -0.565. The smallest absolute Gasteiger partial charge is 0.237 e. The molecular formula is C11H17N3O3S. The molecule has 1 aromatic carbocycles. The minimum atomic E-state index is -3.55. The molecule has 0 saturated heterocycles. The molecule has 1 unspecified atom stereocenters. The zero-order valence-corrected chi connectivity index (χ0v) is 11.1. The zero-order chi connectivity index (χ0) is 13.8. The van der Waals surface area contributed by atoms with Crippen LogP contribution in [-0.4, -0.2) is 27.4 Å². The maximum absolute atomic E-state index is 11.8. The number of likely N-dealkylation sites (N-methyl/N-ethyl adjacent to an activating group) is 1. The number of benzene rings is 1. The van der Waals surface area contributed by atoms with Gasteiger partial charge in [-0.25, -0.2) is 13.1 Å². The summed E-state index contributed by atoms with van der Waals surface area (Å²) in [5.41, 5.74) is 6.69. The van der Waals surface area contributed by atoms with Crippen molar-refractivity contribution in [2.45, 2.75) is 18.7 Å². The summed E-state index contributed by atoms with van der Waals surface area (Å²) in [5, 5.41) is 2.38. The van der Waals surface area contributed by atoms with Crippen LogP contribution >= 0.6 is 0 Å². The number of sulfonamides is 1. The molecule has 0 aliphatic rings. The Morgan fingerprint density at radius 2 is 1.89 bits per heavy atom. The van der Waals surface area contributed by atoms with Crippen molar-refractivity contribution < 1.29 is 13.2 Å². The van der Waals surface area contributed by atoms with Gasteiger partial charge in [0, 0.05) is 12.7 Å². The monoisotopic (exact) mass is 271 g/mol. The number of carbonyl (C=O) groups is 1. The van der Waals surface area contributed by atoms with E-state index < -0.39 is 16.1 Å². The summed E-state index contributed by atoms with van der Waals surface area (Å²) in [6.07, 6.45) is 0. The molecule has 0 aliphatic carbocycles. The fraction of sp³-hybridized carbons (Fsp3) is 0.364. The summed E-state index contributed by atoms with van der Waals surface area (Å²) < 4.78 is 25.9. The third-order valence-corrected chi connectivity index (χ3v) is 3.76. The van der Waals surface area contributed by atoms with Crippen LogP contribution in [0, 0.1) is 0 Å². The molecular weight excluding hydrogens is 254 g/mol. The van der Waals surface area contributed by atoms with Gasteiger partial charge in [0.15, 0.2) is 0 Å². The van der Waals surface area contributed by atoms with Gasteiger partial charge in [0.05, 0.1) is 11.8 Å². The molecule has 100 valence electrons. The van der Waals surface area contributed by atoms with Crippen LogP contribution in [0.25, 0.3) is 0 Å². The number of hydrogen-bond acceptors (Lipinski definition) is 4. The number of nitrogen functional groups attached to an aromatic ring is 1. The SMILES string of the molecule is CNC(=O)C(C)NS(=O)(=O)Cc1ccc(N)cc1. The van der Waals surface area contributed by atoms with Gasteiger partial charge in [-0.1, -0.05) is 12.1 Å². The zero-order valence-electron chi connectivity index (χ0n) is 10.3. The summed E-state index contributed by atoms with van der Waals surface area (Å²) in [6.45, 7) is 1.49. The van der Waals surface area contributed by atoms with Gasteiger partial charge in [-0.3, -0.25) is 4.79 Å². The van der Waals surface area contributed by atoms with E-state index in [2.05, 4.69) is 10.0 Å². The largest absolute Gasteiger partial charge is 0.399 e. The van der Waals surface area contributed by atoms with E-state index in [-0.39, 0.29) is 11.7 Å². The Labute approximate surface area is 107 Å². The van der Waals surface area contributed by atoms with E-state index in [1.165, 1.54) is 14.0 Å². The standard InChI is InChI=1S/C11H17N3O3S/c1-8(11(15)13-2)14-18(16,17)7-9-3-5-10(12)6-4-9/h3-6,8,14H,7,12H2,1-2H3,(H,13,15). The normalized spacial score (nSPS) is 13.0. The van der Waals surface area contributed by atoms with Crippen LogP contribution in [-0.2, 0) is 20.6 Å². The van der Waals surface area contributed by atoms with Crippen LogP contribution in [0.4, 0.5) is 5.69 Å². The van der Waals surface area contributed by atoms with Gasteiger partial charge in [0.25, 0.3) is 0 Å². The van der Waals surface area contributed by atoms with Crippen molar-refractivity contribution in [3.63, 3.8) is 0 Å². The lowest BCUT2D eigenvalue weighted by atomic mass is 10.2. The molecule has 0 spiro atoms. The molecule has 0 saturated carbocycles. The Hall–Kier alpha value is -1.60. The summed E-state index contributed by atoms with van der Waals surface area (Å²) in [6, 6.07) is 5.74. The molecule has 1 rings (SSSR count). The molecule has 0 heterocycles. The van der Waals surface area contributed by atoms with Crippen LogP contribution in [0.2, 0.25) is 0 Å². The van der Waals surface area contributed by atoms with Crippen molar-refractivity contribution in [3.8, 4) is 0 Å². The fourth-order valence-electron chi connectivity index (χ4n) is 1.41. The summed E-state index contributed by atoms with van der Waals surface area (Å²) in [4.78, 5) is 11.2. The number of rotatable bonds is 5. The van der Waals surface area contributed by atoms with Crippen molar-refractivity contribution in [1.82, 2.24) is 10.0 Å². The predicted molar refractivity (Wildman–Crippen MR) is 70.1 cm³/mol. The molecule has 4 N–H and O–H groups in total. The lowest BCUT2D eigenvalue weighted by Gasteiger charge is -2.12. The Morgan fingerprint density at radius 3 is 2.39 bits per heavy atom. The van der Waals surface area contributed by atoms with Crippen LogP contribution in [0.3, 0.4) is 0 Å². The van der Waals surface area contributed by atoms with Gasteiger partial charge in [0.2, 0.25) is 15.9 Å². The average molecular weight is 271 g/mol. The quantitative estimate of drug-likeness (QED) is 0.647. The maximum Gasteiger partial charge on any atom is 0.237 e. The summed E-state index contributed by atoms with van der Waals surface area (Å²) >= 11 is 0. The second-order valence-electron chi connectivity index (χ2n) is 3.95. The highest BCUT2D eigenvalue weighted by molar-refractivity contribution is 7.88. The second-order valence-corrected chi connectivity index (χ2v) is 5.71. The minimum Gasteiger partial charge on any atom is -0.399 e. The van der Waals surface area contributed by atoms with Gasteiger partial charge in [-0.15, -0.1) is 0 Å². The van der Waals surface area contributed by atoms with Crippen LogP contribution in [0.1, 0.15) is 12.5 Å². The number of amides is 1. The first-order valence-electron chi connectivity index (χ1n) is 5.40. The average Bonchev–Trinajstić information content (AvgIpc) is 2.30. The molecule has 1 aromatic rings. The van der Waals surface area contributed by atoms with Crippen molar-refractivity contribution in [1.29, 1.82) is 0 Å². The van der Waals surface area contributed by atoms with E-state index in [1.54, 1.807) is 24.3 Å². The lowest BCUT2D eigenvalue weighted by molar-refractivity contribution is -0.121. The highest BCUT2D eigenvalue weighted by Gasteiger charge is 2.19. The molecule has 1 amide bonds. The molecule has 0 radical (unpaired) electrons. The Bertz CT molecular complexity index is 511. The van der Waals surface area contributed by atoms with Crippen molar-refractivity contribution >= 4 is 21.6 Å². The first-order valence-corrected chi connectivity index (χ1v) is 7.05. The first kappa shape index (κ1) is 14.5. The molecule has 1 atom stereocenters. The van der Waals surface area contributed by atoms with E-state index in [4.69, 9.17) is 5.73 Å². The number of nitrogens with two attached hydrogens (primary N) is 1. The van der Waals surface area contributed by atoms with E-state index in [0.29, 0.717) is 11.3 Å². The molecule has 0 aliphatic heterocycles. The van der Waals surface area contributed by atoms with Gasteiger partial charge in [0.1, 0.15) is 0 Å². The number of anilines is 1. The predicted octanol–water partition coefficient (Wildman–Crippen LogP) is -0.177. The molecule has 0 fully saturated rings. The Morgan fingerprint density at radius 1 is 1.33 bits per heavy atom. The van der Waals surface area contributed by atoms with E-state index in [9.17, 15) is 13.2 Å². The number of hydrogen-bond donors (Lipinski definition) is 3. The Balaban J connectivity index is 2.70. The highest BCUT2D eigenvalue weighted by atomic mass is 32.2. The van der Waals surface area contributed by atoms with Crippen molar-refractivity contribution in [3.05, 3.63) is 29.8 Å². The van der Waals surface area contributed by atoms with E-state index in [0.717, 1.165) is 0 Å². The van der Waals surface area contributed by atoms with Crippen LogP contribution < -0.4 is 15.8 Å². The minimum absolute atomic E-state index is 0.186. The molecule has 0 aromatic heterocycles. The maximum atomic E-state index is 11.8. The molecule has 7 heteroatoms. The first-order chi connectivity index (χ1) is 8.34. The number of nitrogens with one attached hydrogen (secondary N) is 2. The lowest BCUT2D eigenvalue weighted by Crippen LogP contribution is -2.43. The Kier molecular flexibility index (Phi) is 4.69. The van der Waals surface area contributed by atoms with Crippen molar-refractivity contribution in [2.24, 2.45) is 0 Å². The van der Waals surface area contributed by atoms with Gasteiger partial charge in [-0.2, -0.15) is 0 Å². The second kappa shape index (κ2) is 5.83. The molecule has 6 nitrogen and oxygen atoms in total. The fourth-order valence-corrected chi connectivity index (χ4v) is 2.77.